The van der Waals surface area contributed by atoms with Gasteiger partial charge in [-0.25, -0.2) is 0 Å². The van der Waals surface area contributed by atoms with Gasteiger partial charge in [0.25, 0.3) is 0 Å². The maximum atomic E-state index is 9.23. The molecule has 2 rings (SSSR count). The molecule has 0 radical (unpaired) electrons. The van der Waals surface area contributed by atoms with Gasteiger partial charge in [0.15, 0.2) is 0 Å². The van der Waals surface area contributed by atoms with Crippen LogP contribution in [0.5, 0.6) is 11.5 Å². The molecule has 1 aliphatic rings. The molecule has 0 saturated carbocycles. The molecule has 0 unspecified atom stereocenters. The van der Waals surface area contributed by atoms with E-state index in [1.807, 2.05) is 25.1 Å². The topological polar surface area (TPSA) is 47.9 Å². The van der Waals surface area contributed by atoms with Crippen molar-refractivity contribution in [3.63, 3.8) is 0 Å². The van der Waals surface area contributed by atoms with Gasteiger partial charge < -0.3 is 19.3 Å². The third-order valence-corrected chi connectivity index (χ3v) is 2.90. The first-order valence-electron chi connectivity index (χ1n) is 6.44. The van der Waals surface area contributed by atoms with Crippen molar-refractivity contribution in [2.45, 2.75) is 32.5 Å². The fraction of sp³-hybridized carbons (Fsp3) is 0.571. The number of rotatable bonds is 5. The zero-order valence-electron chi connectivity index (χ0n) is 10.7. The summed E-state index contributed by atoms with van der Waals surface area (Å²) in [7, 11) is 0. The van der Waals surface area contributed by atoms with Crippen LogP contribution in [0.2, 0.25) is 0 Å². The second-order valence-corrected chi connectivity index (χ2v) is 4.33. The third-order valence-electron chi connectivity index (χ3n) is 2.90. The van der Waals surface area contributed by atoms with Crippen molar-refractivity contribution in [2.75, 3.05) is 19.8 Å². The fourth-order valence-corrected chi connectivity index (χ4v) is 2.03. The largest absolute Gasteiger partial charge is 0.494 e. The van der Waals surface area contributed by atoms with Gasteiger partial charge in [-0.1, -0.05) is 0 Å². The molecule has 1 fully saturated rings. The van der Waals surface area contributed by atoms with Crippen LogP contribution in [0.15, 0.2) is 18.2 Å². The van der Waals surface area contributed by atoms with Gasteiger partial charge >= 0.3 is 0 Å². The number of benzene rings is 1. The maximum absolute atomic E-state index is 9.23. The molecule has 1 aliphatic heterocycles. The van der Waals surface area contributed by atoms with E-state index >= 15 is 0 Å². The van der Waals surface area contributed by atoms with Gasteiger partial charge in [0, 0.05) is 18.9 Å². The van der Waals surface area contributed by atoms with Gasteiger partial charge in [0.05, 0.1) is 26.4 Å². The second-order valence-electron chi connectivity index (χ2n) is 4.33. The molecule has 0 spiro atoms. The van der Waals surface area contributed by atoms with Gasteiger partial charge in [-0.3, -0.25) is 0 Å². The van der Waals surface area contributed by atoms with Crippen LogP contribution in [0.1, 0.15) is 25.3 Å². The lowest BCUT2D eigenvalue weighted by Crippen LogP contribution is -2.25. The van der Waals surface area contributed by atoms with Gasteiger partial charge in [-0.2, -0.15) is 0 Å². The summed E-state index contributed by atoms with van der Waals surface area (Å²) in [6.45, 7) is 4.03. The smallest absolute Gasteiger partial charge is 0.123 e. The number of aliphatic hydroxyl groups excluding tert-OH is 1. The van der Waals surface area contributed by atoms with E-state index in [4.69, 9.17) is 14.2 Å². The monoisotopic (exact) mass is 252 g/mol. The van der Waals surface area contributed by atoms with Crippen molar-refractivity contribution in [1.29, 1.82) is 0 Å². The van der Waals surface area contributed by atoms with E-state index in [2.05, 4.69) is 0 Å². The zero-order chi connectivity index (χ0) is 12.8. The van der Waals surface area contributed by atoms with Gasteiger partial charge in [-0.05, 0) is 24.6 Å². The first-order valence-corrected chi connectivity index (χ1v) is 6.44. The molecule has 1 saturated heterocycles. The Morgan fingerprint density at radius 1 is 1.22 bits per heavy atom. The lowest BCUT2D eigenvalue weighted by Gasteiger charge is -2.23. The van der Waals surface area contributed by atoms with Crippen LogP contribution in [0.25, 0.3) is 0 Å². The number of hydrogen-bond donors (Lipinski definition) is 1. The van der Waals surface area contributed by atoms with Gasteiger partial charge in [0.2, 0.25) is 0 Å². The molecule has 1 aromatic carbocycles. The Kier molecular flexibility index (Phi) is 4.84. The van der Waals surface area contributed by atoms with Crippen LogP contribution < -0.4 is 9.47 Å². The third kappa shape index (κ3) is 3.62. The van der Waals surface area contributed by atoms with Crippen LogP contribution in [0, 0.1) is 0 Å². The maximum Gasteiger partial charge on any atom is 0.123 e. The first-order chi connectivity index (χ1) is 8.81. The first kappa shape index (κ1) is 13.2. The quantitative estimate of drug-likeness (QED) is 0.872. The van der Waals surface area contributed by atoms with Crippen molar-refractivity contribution >= 4 is 0 Å². The molecular weight excluding hydrogens is 232 g/mol. The van der Waals surface area contributed by atoms with Gasteiger partial charge in [-0.15, -0.1) is 0 Å². The second kappa shape index (κ2) is 6.61. The molecule has 100 valence electrons. The number of ether oxygens (including phenoxy) is 3. The van der Waals surface area contributed by atoms with Crippen molar-refractivity contribution in [3.8, 4) is 11.5 Å². The summed E-state index contributed by atoms with van der Waals surface area (Å²) in [6, 6.07) is 5.57. The van der Waals surface area contributed by atoms with E-state index in [1.165, 1.54) is 0 Å². The normalized spacial score (nSPS) is 16.6. The molecule has 4 nitrogen and oxygen atoms in total. The summed E-state index contributed by atoms with van der Waals surface area (Å²) in [5.74, 6) is 1.50. The predicted octanol–water partition coefficient (Wildman–Crippen LogP) is 2.14. The van der Waals surface area contributed by atoms with Crippen LogP contribution >= 0.6 is 0 Å². The minimum Gasteiger partial charge on any atom is -0.494 e. The molecule has 1 aromatic rings. The highest BCUT2D eigenvalue weighted by atomic mass is 16.5. The van der Waals surface area contributed by atoms with Crippen molar-refractivity contribution in [2.24, 2.45) is 0 Å². The Morgan fingerprint density at radius 3 is 2.61 bits per heavy atom. The van der Waals surface area contributed by atoms with Crippen molar-refractivity contribution < 1.29 is 19.3 Å². The minimum atomic E-state index is -0.00888. The molecule has 18 heavy (non-hydrogen) atoms. The molecule has 1 N–H and O–H groups in total. The van der Waals surface area contributed by atoms with Crippen LogP contribution in [0.4, 0.5) is 0 Å². The number of aliphatic hydroxyl groups is 1. The lowest BCUT2D eigenvalue weighted by molar-refractivity contribution is 0.0254. The minimum absolute atomic E-state index is 0.00888. The number of hydrogen-bond acceptors (Lipinski definition) is 4. The highest BCUT2D eigenvalue weighted by Crippen LogP contribution is 2.25. The standard InChI is InChI=1S/C14H20O4/c1-2-17-13-7-11(10-15)8-14(9-13)18-12-3-5-16-6-4-12/h7-9,12,15H,2-6,10H2,1H3. The summed E-state index contributed by atoms with van der Waals surface area (Å²) >= 11 is 0. The molecule has 0 bridgehead atoms. The average Bonchev–Trinajstić information content (AvgIpc) is 2.40. The van der Waals surface area contributed by atoms with E-state index in [9.17, 15) is 5.11 Å². The van der Waals surface area contributed by atoms with E-state index in [0.29, 0.717) is 6.61 Å². The lowest BCUT2D eigenvalue weighted by atomic mass is 10.1. The SMILES string of the molecule is CCOc1cc(CO)cc(OC2CCOCC2)c1. The van der Waals surface area contributed by atoms with Crippen LogP contribution in [-0.2, 0) is 11.3 Å². The Hall–Kier alpha value is -1.26. The van der Waals surface area contributed by atoms with E-state index in [-0.39, 0.29) is 12.7 Å². The molecule has 0 amide bonds. The van der Waals surface area contributed by atoms with E-state index in [1.54, 1.807) is 0 Å². The molecule has 0 aliphatic carbocycles. The highest BCUT2D eigenvalue weighted by Gasteiger charge is 2.15. The summed E-state index contributed by atoms with van der Waals surface area (Å²) in [4.78, 5) is 0. The van der Waals surface area contributed by atoms with E-state index in [0.717, 1.165) is 43.1 Å². The Morgan fingerprint density at radius 2 is 1.94 bits per heavy atom. The van der Waals surface area contributed by atoms with Crippen LogP contribution in [-0.4, -0.2) is 31.0 Å². The summed E-state index contributed by atoms with van der Waals surface area (Å²) in [5, 5.41) is 9.23. The Labute approximate surface area is 107 Å². The predicted molar refractivity (Wildman–Crippen MR) is 68.0 cm³/mol. The summed E-state index contributed by atoms with van der Waals surface area (Å²) < 4.78 is 16.7. The zero-order valence-corrected chi connectivity index (χ0v) is 10.7. The molecule has 0 aromatic heterocycles. The van der Waals surface area contributed by atoms with Crippen molar-refractivity contribution in [3.05, 3.63) is 23.8 Å². The fourth-order valence-electron chi connectivity index (χ4n) is 2.03. The molecular formula is C14H20O4. The average molecular weight is 252 g/mol. The van der Waals surface area contributed by atoms with Crippen LogP contribution in [0.3, 0.4) is 0 Å². The summed E-state index contributed by atoms with van der Waals surface area (Å²) in [6.07, 6.45) is 2.02. The Bertz CT molecular complexity index is 372. The molecule has 4 heteroatoms. The highest BCUT2D eigenvalue weighted by molar-refractivity contribution is 5.38. The molecule has 0 atom stereocenters. The van der Waals surface area contributed by atoms with Gasteiger partial charge in [0.1, 0.15) is 17.6 Å². The summed E-state index contributed by atoms with van der Waals surface area (Å²) in [5.41, 5.74) is 0.808. The van der Waals surface area contributed by atoms with E-state index < -0.39 is 0 Å². The Balaban J connectivity index is 2.07. The molecule has 1 heterocycles. The van der Waals surface area contributed by atoms with Crippen molar-refractivity contribution in [1.82, 2.24) is 0 Å².